The van der Waals surface area contributed by atoms with E-state index in [9.17, 15) is 9.59 Å². The van der Waals surface area contributed by atoms with Gasteiger partial charge in [-0.1, -0.05) is 68.4 Å². The summed E-state index contributed by atoms with van der Waals surface area (Å²) in [5, 5.41) is 7.68. The maximum absolute atomic E-state index is 13.5. The van der Waals surface area contributed by atoms with Crippen LogP contribution in [0.25, 0.3) is 33.1 Å². The molecule has 0 unspecified atom stereocenters. The van der Waals surface area contributed by atoms with Gasteiger partial charge < -0.3 is 4.90 Å². The first kappa shape index (κ1) is 23.6. The van der Waals surface area contributed by atoms with Crippen LogP contribution in [0.1, 0.15) is 19.4 Å². The van der Waals surface area contributed by atoms with E-state index in [0.717, 1.165) is 33.3 Å². The van der Waals surface area contributed by atoms with E-state index in [1.165, 1.54) is 4.57 Å². The summed E-state index contributed by atoms with van der Waals surface area (Å²) < 4.78 is 4.72. The highest BCUT2D eigenvalue weighted by Gasteiger charge is 2.23. The first-order valence-corrected chi connectivity index (χ1v) is 12.2. The van der Waals surface area contributed by atoms with Crippen LogP contribution in [0.4, 0.5) is 5.69 Å². The van der Waals surface area contributed by atoms with Crippen molar-refractivity contribution in [1.29, 1.82) is 0 Å². The molecule has 2 aromatic heterocycles. The third-order valence-corrected chi connectivity index (χ3v) is 6.63. The highest BCUT2D eigenvalue weighted by Crippen LogP contribution is 2.30. The second-order valence-electron chi connectivity index (χ2n) is 9.94. The summed E-state index contributed by atoms with van der Waals surface area (Å²) in [6.45, 7) is 5.06. The maximum atomic E-state index is 13.5. The minimum Gasteiger partial charge on any atom is -0.378 e. The van der Waals surface area contributed by atoms with Crippen molar-refractivity contribution in [2.45, 2.75) is 26.9 Å². The van der Waals surface area contributed by atoms with Gasteiger partial charge in [-0.15, -0.1) is 0 Å². The molecule has 0 radical (unpaired) electrons. The zero-order valence-electron chi connectivity index (χ0n) is 21.4. The van der Waals surface area contributed by atoms with E-state index >= 15 is 0 Å². The molecule has 0 atom stereocenters. The molecule has 2 heterocycles. The number of fused-ring (bicyclic) bond motifs is 2. The largest absolute Gasteiger partial charge is 0.378 e. The van der Waals surface area contributed by atoms with Crippen LogP contribution < -0.4 is 16.1 Å². The lowest BCUT2D eigenvalue weighted by Crippen LogP contribution is -2.38. The minimum absolute atomic E-state index is 0.217. The molecular weight excluding hydrogens is 450 g/mol. The second-order valence-corrected chi connectivity index (χ2v) is 9.94. The van der Waals surface area contributed by atoms with Gasteiger partial charge in [0.2, 0.25) is 0 Å². The fourth-order valence-corrected chi connectivity index (χ4v) is 4.81. The van der Waals surface area contributed by atoms with Crippen molar-refractivity contribution in [3.8, 4) is 11.3 Å². The minimum atomic E-state index is -0.342. The Kier molecular flexibility index (Phi) is 6.00. The van der Waals surface area contributed by atoms with Gasteiger partial charge in [-0.05, 0) is 34.4 Å². The quantitative estimate of drug-likeness (QED) is 0.359. The van der Waals surface area contributed by atoms with E-state index in [-0.39, 0.29) is 17.2 Å². The predicted octanol–water partition coefficient (Wildman–Crippen LogP) is 4.49. The van der Waals surface area contributed by atoms with Crippen LogP contribution in [-0.4, -0.2) is 33.0 Å². The Labute approximate surface area is 209 Å². The van der Waals surface area contributed by atoms with Crippen molar-refractivity contribution in [3.63, 3.8) is 0 Å². The lowest BCUT2D eigenvalue weighted by Gasteiger charge is -2.14. The molecule has 5 rings (SSSR count). The fraction of sp³-hybridized carbons (Fsp3) is 0.276. The van der Waals surface area contributed by atoms with Gasteiger partial charge >= 0.3 is 5.69 Å². The summed E-state index contributed by atoms with van der Waals surface area (Å²) in [7, 11) is 5.53. The molecule has 7 heteroatoms. The van der Waals surface area contributed by atoms with E-state index in [0.29, 0.717) is 24.1 Å². The van der Waals surface area contributed by atoms with E-state index in [4.69, 9.17) is 5.10 Å². The number of benzene rings is 3. The van der Waals surface area contributed by atoms with E-state index < -0.39 is 0 Å². The summed E-state index contributed by atoms with van der Waals surface area (Å²) in [5.74, 6) is 0.217. The van der Waals surface area contributed by atoms with Crippen LogP contribution in [0, 0.1) is 5.92 Å². The number of nitrogens with zero attached hydrogens (tertiary/aromatic N) is 5. The SMILES string of the molecule is CC(C)Cn1c(=O)n(C)c(=O)c2c(-c3ccc(N(C)C)cc3)n(Cc3cccc4ccccc34)nc21. The Hall–Kier alpha value is -4.13. The fourth-order valence-electron chi connectivity index (χ4n) is 4.81. The van der Waals surface area contributed by atoms with Crippen molar-refractivity contribution < 1.29 is 0 Å². The summed E-state index contributed by atoms with van der Waals surface area (Å²) in [6, 6.07) is 22.6. The molecule has 5 aromatic rings. The van der Waals surface area contributed by atoms with Crippen molar-refractivity contribution in [3.05, 3.63) is 93.1 Å². The van der Waals surface area contributed by atoms with Crippen LogP contribution in [0.3, 0.4) is 0 Å². The molecule has 0 bridgehead atoms. The summed E-state index contributed by atoms with van der Waals surface area (Å²) >= 11 is 0. The molecule has 0 N–H and O–H groups in total. The lowest BCUT2D eigenvalue weighted by atomic mass is 10.0. The zero-order chi connectivity index (χ0) is 25.6. The highest BCUT2D eigenvalue weighted by molar-refractivity contribution is 5.91. The van der Waals surface area contributed by atoms with Crippen LogP contribution in [-0.2, 0) is 20.1 Å². The van der Waals surface area contributed by atoms with Crippen molar-refractivity contribution in [2.75, 3.05) is 19.0 Å². The number of rotatable bonds is 6. The molecule has 0 spiro atoms. The average Bonchev–Trinajstić information content (AvgIpc) is 3.24. The molecule has 0 aliphatic carbocycles. The van der Waals surface area contributed by atoms with Crippen molar-refractivity contribution in [2.24, 2.45) is 13.0 Å². The van der Waals surface area contributed by atoms with Gasteiger partial charge in [-0.25, -0.2) is 4.79 Å². The van der Waals surface area contributed by atoms with Gasteiger partial charge in [-0.2, -0.15) is 5.10 Å². The Bertz CT molecular complexity index is 1680. The molecular formula is C29H31N5O2. The van der Waals surface area contributed by atoms with E-state index in [2.05, 4.69) is 38.1 Å². The molecule has 184 valence electrons. The van der Waals surface area contributed by atoms with E-state index in [1.807, 2.05) is 66.1 Å². The summed E-state index contributed by atoms with van der Waals surface area (Å²) in [5.41, 5.74) is 3.53. The third-order valence-electron chi connectivity index (χ3n) is 6.63. The normalized spacial score (nSPS) is 11.6. The summed E-state index contributed by atoms with van der Waals surface area (Å²) in [4.78, 5) is 28.7. The topological polar surface area (TPSA) is 65.1 Å². The number of hydrogen-bond acceptors (Lipinski definition) is 4. The van der Waals surface area contributed by atoms with Crippen LogP contribution in [0.15, 0.2) is 76.3 Å². The lowest BCUT2D eigenvalue weighted by molar-refractivity contribution is 0.498. The second kappa shape index (κ2) is 9.15. The van der Waals surface area contributed by atoms with Gasteiger partial charge in [0.1, 0.15) is 5.39 Å². The molecule has 0 saturated heterocycles. The smallest absolute Gasteiger partial charge is 0.332 e. The number of anilines is 1. The average molecular weight is 482 g/mol. The Morgan fingerprint density at radius 2 is 1.61 bits per heavy atom. The first-order chi connectivity index (χ1) is 17.3. The molecule has 3 aromatic carbocycles. The molecule has 0 amide bonds. The van der Waals surface area contributed by atoms with E-state index in [1.54, 1.807) is 11.6 Å². The molecule has 36 heavy (non-hydrogen) atoms. The van der Waals surface area contributed by atoms with Crippen LogP contribution in [0.2, 0.25) is 0 Å². The zero-order valence-corrected chi connectivity index (χ0v) is 21.4. The molecule has 0 aliphatic heterocycles. The summed E-state index contributed by atoms with van der Waals surface area (Å²) in [6.07, 6.45) is 0. The van der Waals surface area contributed by atoms with Crippen molar-refractivity contribution in [1.82, 2.24) is 18.9 Å². The Balaban J connectivity index is 1.82. The van der Waals surface area contributed by atoms with Crippen LogP contribution in [0.5, 0.6) is 0 Å². The maximum Gasteiger partial charge on any atom is 0.332 e. The third kappa shape index (κ3) is 4.00. The molecule has 0 fully saturated rings. The molecule has 0 saturated carbocycles. The number of aromatic nitrogens is 4. The van der Waals surface area contributed by atoms with Gasteiger partial charge in [-0.3, -0.25) is 18.6 Å². The number of hydrogen-bond donors (Lipinski definition) is 0. The van der Waals surface area contributed by atoms with Gasteiger partial charge in [0.25, 0.3) is 5.56 Å². The molecule has 7 nitrogen and oxygen atoms in total. The van der Waals surface area contributed by atoms with Gasteiger partial charge in [0.05, 0.1) is 12.2 Å². The Morgan fingerprint density at radius 1 is 0.917 bits per heavy atom. The predicted molar refractivity (Wildman–Crippen MR) is 147 cm³/mol. The Morgan fingerprint density at radius 3 is 2.31 bits per heavy atom. The van der Waals surface area contributed by atoms with Gasteiger partial charge in [0.15, 0.2) is 5.65 Å². The first-order valence-electron chi connectivity index (χ1n) is 12.2. The standard InChI is InChI=1S/C29H31N5O2/c1-19(2)17-33-27-25(28(35)32(5)29(33)36)26(21-13-15-23(16-14-21)31(3)4)34(30-27)18-22-11-8-10-20-9-6-7-12-24(20)22/h6-16,19H,17-18H2,1-5H3. The van der Waals surface area contributed by atoms with Crippen LogP contribution >= 0.6 is 0 Å². The van der Waals surface area contributed by atoms with Gasteiger partial charge in [0, 0.05) is 38.9 Å². The highest BCUT2D eigenvalue weighted by atomic mass is 16.2. The van der Waals surface area contributed by atoms with Crippen molar-refractivity contribution >= 4 is 27.5 Å². The monoisotopic (exact) mass is 481 g/mol. The molecule has 0 aliphatic rings.